The SMILES string of the molecule is C[C@H](CCC(=O)O)[C@@H]1CC[C@@H]2[C@@H]3CC[C@@H]4C[C@H](OC=O)CC[C@]4(C)[C@H]3CC[C@]21C. The molecule has 0 unspecified atom stereocenters. The van der Waals surface area contributed by atoms with Gasteiger partial charge in [0.05, 0.1) is 0 Å². The standard InChI is InChI=1S/C25H40O4/c1-16(4-9-23(27)28)20-7-8-21-19-6-5-17-14-18(29-15-26)10-12-24(17,2)22(19)11-13-25(20,21)3/h15-22H,4-14H2,1-3H3,(H,27,28)/t16-,17-,18-,19+,20+,21-,22+,24+,25+/m1/s1. The predicted octanol–water partition coefficient (Wildman–Crippen LogP) is 5.69. The Balaban J connectivity index is 1.48. The van der Waals surface area contributed by atoms with Crippen LogP contribution in [0.1, 0.15) is 91.4 Å². The van der Waals surface area contributed by atoms with Crippen molar-refractivity contribution in [2.24, 2.45) is 46.3 Å². The summed E-state index contributed by atoms with van der Waals surface area (Å²) >= 11 is 0. The number of aliphatic carboxylic acids is 1. The lowest BCUT2D eigenvalue weighted by Gasteiger charge is -2.61. The maximum atomic E-state index is 11.1. The highest BCUT2D eigenvalue weighted by Gasteiger charge is 2.60. The van der Waals surface area contributed by atoms with Crippen LogP contribution in [0.2, 0.25) is 0 Å². The van der Waals surface area contributed by atoms with Crippen LogP contribution in [0.4, 0.5) is 0 Å². The monoisotopic (exact) mass is 404 g/mol. The summed E-state index contributed by atoms with van der Waals surface area (Å²) in [6.45, 7) is 8.05. The van der Waals surface area contributed by atoms with Crippen LogP contribution in [0.25, 0.3) is 0 Å². The van der Waals surface area contributed by atoms with Gasteiger partial charge in [-0.1, -0.05) is 20.8 Å². The Kier molecular flexibility index (Phi) is 5.76. The summed E-state index contributed by atoms with van der Waals surface area (Å²) in [5.74, 6) is 3.75. The minimum absolute atomic E-state index is 0.141. The molecule has 0 aliphatic heterocycles. The molecule has 4 rings (SSSR count). The molecule has 0 radical (unpaired) electrons. The zero-order valence-electron chi connectivity index (χ0n) is 18.6. The van der Waals surface area contributed by atoms with Gasteiger partial charge in [0.2, 0.25) is 0 Å². The maximum Gasteiger partial charge on any atom is 0.303 e. The van der Waals surface area contributed by atoms with E-state index in [1.54, 1.807) is 0 Å². The first kappa shape index (κ1) is 21.2. The molecule has 0 aromatic rings. The van der Waals surface area contributed by atoms with Crippen molar-refractivity contribution >= 4 is 12.4 Å². The van der Waals surface area contributed by atoms with E-state index < -0.39 is 5.97 Å². The number of hydrogen-bond acceptors (Lipinski definition) is 3. The van der Waals surface area contributed by atoms with Gasteiger partial charge in [-0.15, -0.1) is 0 Å². The number of carboxylic acid groups (broad SMARTS) is 1. The number of rotatable bonds is 6. The van der Waals surface area contributed by atoms with Crippen LogP contribution in [0.5, 0.6) is 0 Å². The molecule has 0 saturated heterocycles. The minimum atomic E-state index is -0.652. The van der Waals surface area contributed by atoms with Gasteiger partial charge in [0, 0.05) is 6.42 Å². The average Bonchev–Trinajstić information content (AvgIpc) is 3.04. The van der Waals surface area contributed by atoms with Gasteiger partial charge in [0.15, 0.2) is 0 Å². The summed E-state index contributed by atoms with van der Waals surface area (Å²) in [6.07, 6.45) is 12.5. The Hall–Kier alpha value is -1.06. The lowest BCUT2D eigenvalue weighted by Crippen LogP contribution is -2.54. The Morgan fingerprint density at radius 1 is 1.07 bits per heavy atom. The molecule has 4 aliphatic rings. The molecule has 4 heteroatoms. The topological polar surface area (TPSA) is 63.6 Å². The molecule has 0 spiro atoms. The fourth-order valence-corrected chi connectivity index (χ4v) is 8.95. The molecule has 0 aromatic heterocycles. The summed E-state index contributed by atoms with van der Waals surface area (Å²) in [7, 11) is 0. The van der Waals surface area contributed by atoms with E-state index in [0.717, 1.165) is 37.0 Å². The van der Waals surface area contributed by atoms with Gasteiger partial charge < -0.3 is 9.84 Å². The molecule has 0 heterocycles. The van der Waals surface area contributed by atoms with Crippen molar-refractivity contribution in [2.45, 2.75) is 97.5 Å². The molecule has 4 aliphatic carbocycles. The highest BCUT2D eigenvalue weighted by molar-refractivity contribution is 5.66. The van der Waals surface area contributed by atoms with Crippen molar-refractivity contribution in [1.29, 1.82) is 0 Å². The summed E-state index contributed by atoms with van der Waals surface area (Å²) in [6, 6.07) is 0. The number of hydrogen-bond donors (Lipinski definition) is 1. The molecule has 1 N–H and O–H groups in total. The third-order valence-electron chi connectivity index (χ3n) is 10.4. The fraction of sp³-hybridized carbons (Fsp3) is 0.920. The minimum Gasteiger partial charge on any atom is -0.481 e. The second kappa shape index (κ2) is 7.89. The second-order valence-corrected chi connectivity index (χ2v) is 11.4. The Labute approximate surface area is 176 Å². The Morgan fingerprint density at radius 2 is 1.79 bits per heavy atom. The Bertz CT molecular complexity index is 632. The Morgan fingerprint density at radius 3 is 2.52 bits per heavy atom. The smallest absolute Gasteiger partial charge is 0.303 e. The van der Waals surface area contributed by atoms with Crippen LogP contribution in [-0.2, 0) is 14.3 Å². The normalized spacial score (nSPS) is 47.4. The first-order chi connectivity index (χ1) is 13.8. The van der Waals surface area contributed by atoms with Crippen LogP contribution in [0.3, 0.4) is 0 Å². The highest BCUT2D eigenvalue weighted by Crippen LogP contribution is 2.68. The molecule has 0 amide bonds. The largest absolute Gasteiger partial charge is 0.481 e. The van der Waals surface area contributed by atoms with Gasteiger partial charge in [-0.2, -0.15) is 0 Å². The van der Waals surface area contributed by atoms with Crippen molar-refractivity contribution in [2.75, 3.05) is 0 Å². The van der Waals surface area contributed by atoms with Gasteiger partial charge in [-0.05, 0) is 111 Å². The number of carbonyl (C=O) groups excluding carboxylic acids is 1. The molecule has 0 aromatic carbocycles. The van der Waals surface area contributed by atoms with E-state index in [4.69, 9.17) is 9.84 Å². The van der Waals surface area contributed by atoms with E-state index in [1.165, 1.54) is 44.9 Å². The quantitative estimate of drug-likeness (QED) is 0.578. The third kappa shape index (κ3) is 3.53. The lowest BCUT2D eigenvalue weighted by atomic mass is 9.44. The molecule has 4 fully saturated rings. The molecule has 4 saturated carbocycles. The molecule has 164 valence electrons. The van der Waals surface area contributed by atoms with Crippen LogP contribution < -0.4 is 0 Å². The first-order valence-electron chi connectivity index (χ1n) is 12.1. The van der Waals surface area contributed by atoms with Gasteiger partial charge in [-0.3, -0.25) is 9.59 Å². The third-order valence-corrected chi connectivity index (χ3v) is 10.4. The van der Waals surface area contributed by atoms with Gasteiger partial charge in [-0.25, -0.2) is 0 Å². The zero-order valence-corrected chi connectivity index (χ0v) is 18.6. The average molecular weight is 405 g/mol. The summed E-state index contributed by atoms with van der Waals surface area (Å²) < 4.78 is 5.36. The molecular weight excluding hydrogens is 364 g/mol. The van der Waals surface area contributed by atoms with Crippen molar-refractivity contribution < 1.29 is 19.4 Å². The van der Waals surface area contributed by atoms with Gasteiger partial charge in [0.1, 0.15) is 6.10 Å². The summed E-state index contributed by atoms with van der Waals surface area (Å²) in [4.78, 5) is 21.9. The van der Waals surface area contributed by atoms with E-state index in [0.29, 0.717) is 41.5 Å². The first-order valence-corrected chi connectivity index (χ1v) is 12.1. The van der Waals surface area contributed by atoms with Crippen molar-refractivity contribution in [3.8, 4) is 0 Å². The van der Waals surface area contributed by atoms with Crippen LogP contribution >= 0.6 is 0 Å². The van der Waals surface area contributed by atoms with Crippen LogP contribution in [0, 0.1) is 46.3 Å². The van der Waals surface area contributed by atoms with E-state index in [9.17, 15) is 9.59 Å². The summed E-state index contributed by atoms with van der Waals surface area (Å²) in [5, 5.41) is 9.12. The van der Waals surface area contributed by atoms with Gasteiger partial charge >= 0.3 is 5.97 Å². The molecule has 9 atom stereocenters. The maximum absolute atomic E-state index is 11.1. The fourth-order valence-electron chi connectivity index (χ4n) is 8.95. The summed E-state index contributed by atoms with van der Waals surface area (Å²) in [5.41, 5.74) is 0.820. The zero-order chi connectivity index (χ0) is 20.8. The highest BCUT2D eigenvalue weighted by atomic mass is 16.5. The van der Waals surface area contributed by atoms with Crippen molar-refractivity contribution in [3.05, 3.63) is 0 Å². The lowest BCUT2D eigenvalue weighted by molar-refractivity contribution is -0.151. The van der Waals surface area contributed by atoms with E-state index in [1.807, 2.05) is 0 Å². The van der Waals surface area contributed by atoms with Gasteiger partial charge in [0.25, 0.3) is 6.47 Å². The van der Waals surface area contributed by atoms with Crippen molar-refractivity contribution in [3.63, 3.8) is 0 Å². The van der Waals surface area contributed by atoms with E-state index in [2.05, 4.69) is 20.8 Å². The molecule has 0 bridgehead atoms. The van der Waals surface area contributed by atoms with E-state index in [-0.39, 0.29) is 6.10 Å². The molecule has 29 heavy (non-hydrogen) atoms. The number of carboxylic acids is 1. The number of carbonyl (C=O) groups is 2. The molecule has 4 nitrogen and oxygen atoms in total. The second-order valence-electron chi connectivity index (χ2n) is 11.4. The van der Waals surface area contributed by atoms with Crippen molar-refractivity contribution in [1.82, 2.24) is 0 Å². The number of fused-ring (bicyclic) bond motifs is 5. The predicted molar refractivity (Wildman–Crippen MR) is 112 cm³/mol. The van der Waals surface area contributed by atoms with Crippen LogP contribution in [0.15, 0.2) is 0 Å². The van der Waals surface area contributed by atoms with Crippen LogP contribution in [-0.4, -0.2) is 23.7 Å². The molecular formula is C25H40O4. The number of ether oxygens (including phenoxy) is 1. The van der Waals surface area contributed by atoms with E-state index >= 15 is 0 Å².